The molecular weight excluding hydrogens is 224 g/mol. The van der Waals surface area contributed by atoms with Crippen LogP contribution in [0.5, 0.6) is 0 Å². The van der Waals surface area contributed by atoms with Crippen molar-refractivity contribution < 1.29 is 4.79 Å². The quantitative estimate of drug-likeness (QED) is 0.766. The van der Waals surface area contributed by atoms with Crippen molar-refractivity contribution in [2.75, 3.05) is 6.54 Å². The van der Waals surface area contributed by atoms with Gasteiger partial charge in [0.15, 0.2) is 0 Å². The Morgan fingerprint density at radius 1 is 1.33 bits per heavy atom. The molecule has 0 saturated heterocycles. The van der Waals surface area contributed by atoms with Gasteiger partial charge in [-0.15, -0.1) is 0 Å². The minimum absolute atomic E-state index is 0.113. The molecule has 1 amide bonds. The smallest absolute Gasteiger partial charge is 0.220 e. The van der Waals surface area contributed by atoms with Gasteiger partial charge in [0.2, 0.25) is 5.91 Å². The van der Waals surface area contributed by atoms with Crippen molar-refractivity contribution in [1.29, 1.82) is 0 Å². The van der Waals surface area contributed by atoms with Gasteiger partial charge in [-0.25, -0.2) is 0 Å². The monoisotopic (exact) mass is 254 g/mol. The van der Waals surface area contributed by atoms with Gasteiger partial charge in [-0.3, -0.25) is 4.79 Å². The van der Waals surface area contributed by atoms with Gasteiger partial charge in [-0.2, -0.15) is 0 Å². The molecule has 1 unspecified atom stereocenters. The van der Waals surface area contributed by atoms with Crippen molar-refractivity contribution >= 4 is 5.91 Å². The van der Waals surface area contributed by atoms with Crippen LogP contribution in [0.2, 0.25) is 0 Å². The summed E-state index contributed by atoms with van der Waals surface area (Å²) in [6, 6.07) is 0.113. The van der Waals surface area contributed by atoms with E-state index in [0.717, 1.165) is 18.9 Å². The van der Waals surface area contributed by atoms with Crippen LogP contribution in [-0.4, -0.2) is 18.5 Å². The van der Waals surface area contributed by atoms with Gasteiger partial charge < -0.3 is 11.1 Å². The van der Waals surface area contributed by atoms with Crippen LogP contribution in [0.15, 0.2) is 0 Å². The molecule has 0 bridgehead atoms. The van der Waals surface area contributed by atoms with E-state index in [2.05, 4.69) is 19.2 Å². The average molecular weight is 254 g/mol. The minimum Gasteiger partial charge on any atom is -0.356 e. The number of hydrogen-bond donors (Lipinski definition) is 2. The van der Waals surface area contributed by atoms with Crippen LogP contribution >= 0.6 is 0 Å². The summed E-state index contributed by atoms with van der Waals surface area (Å²) in [5.41, 5.74) is 5.89. The van der Waals surface area contributed by atoms with Crippen LogP contribution < -0.4 is 11.1 Å². The van der Waals surface area contributed by atoms with E-state index < -0.39 is 0 Å². The largest absolute Gasteiger partial charge is 0.356 e. The van der Waals surface area contributed by atoms with E-state index >= 15 is 0 Å². The summed E-state index contributed by atoms with van der Waals surface area (Å²) in [7, 11) is 0. The first-order valence-electron chi connectivity index (χ1n) is 7.44. The van der Waals surface area contributed by atoms with Crippen LogP contribution in [0.25, 0.3) is 0 Å². The molecule has 1 saturated carbocycles. The molecule has 1 aliphatic carbocycles. The number of rotatable bonds is 6. The van der Waals surface area contributed by atoms with Gasteiger partial charge in [0.25, 0.3) is 0 Å². The van der Waals surface area contributed by atoms with Crippen molar-refractivity contribution in [1.82, 2.24) is 5.32 Å². The Labute approximate surface area is 112 Å². The third-order valence-corrected chi connectivity index (χ3v) is 4.28. The number of carbonyl (C=O) groups is 1. The number of amides is 1. The molecule has 0 heterocycles. The lowest BCUT2D eigenvalue weighted by Gasteiger charge is -2.37. The first-order valence-corrected chi connectivity index (χ1v) is 7.44. The Balaban J connectivity index is 2.29. The van der Waals surface area contributed by atoms with Gasteiger partial charge in [0.1, 0.15) is 0 Å². The Hall–Kier alpha value is -0.570. The topological polar surface area (TPSA) is 55.1 Å². The lowest BCUT2D eigenvalue weighted by molar-refractivity contribution is -0.121. The summed E-state index contributed by atoms with van der Waals surface area (Å²) in [5.74, 6) is 0.913. The van der Waals surface area contributed by atoms with Crippen molar-refractivity contribution in [3.63, 3.8) is 0 Å². The Morgan fingerprint density at radius 3 is 2.50 bits per heavy atom. The lowest BCUT2D eigenvalue weighted by atomic mass is 9.71. The fourth-order valence-corrected chi connectivity index (χ4v) is 2.80. The van der Waals surface area contributed by atoms with Gasteiger partial charge in [-0.1, -0.05) is 33.1 Å². The van der Waals surface area contributed by atoms with E-state index in [1.54, 1.807) is 0 Å². The fourth-order valence-electron chi connectivity index (χ4n) is 2.80. The number of carbonyl (C=O) groups excluding carboxylic acids is 1. The maximum atomic E-state index is 11.7. The van der Waals surface area contributed by atoms with Gasteiger partial charge in [-0.05, 0) is 37.5 Å². The second-order valence-corrected chi connectivity index (χ2v) is 6.62. The molecule has 0 aliphatic heterocycles. The Bertz CT molecular complexity index is 255. The predicted octanol–water partition coefficient (Wildman–Crippen LogP) is 2.84. The molecule has 0 aromatic heterocycles. The zero-order chi connectivity index (χ0) is 13.6. The summed E-state index contributed by atoms with van der Waals surface area (Å²) < 4.78 is 0. The summed E-state index contributed by atoms with van der Waals surface area (Å²) >= 11 is 0. The highest BCUT2D eigenvalue weighted by molar-refractivity contribution is 5.75. The van der Waals surface area contributed by atoms with E-state index in [4.69, 9.17) is 5.73 Å². The highest BCUT2D eigenvalue weighted by Crippen LogP contribution is 2.37. The van der Waals surface area contributed by atoms with Crippen LogP contribution in [0.1, 0.15) is 65.7 Å². The SMILES string of the molecule is CC(N)CCC(=O)NCC(C)(C)C1CCCCC1. The zero-order valence-electron chi connectivity index (χ0n) is 12.3. The van der Waals surface area contributed by atoms with Crippen LogP contribution in [0.3, 0.4) is 0 Å². The maximum absolute atomic E-state index is 11.7. The van der Waals surface area contributed by atoms with Crippen LogP contribution in [-0.2, 0) is 4.79 Å². The molecule has 1 rings (SSSR count). The van der Waals surface area contributed by atoms with Crippen molar-refractivity contribution in [2.24, 2.45) is 17.1 Å². The molecule has 0 spiro atoms. The minimum atomic E-state index is 0.113. The fraction of sp³-hybridized carbons (Fsp3) is 0.933. The summed E-state index contributed by atoms with van der Waals surface area (Å²) in [6.07, 6.45) is 8.06. The number of hydrogen-bond acceptors (Lipinski definition) is 2. The molecular formula is C15H30N2O. The zero-order valence-corrected chi connectivity index (χ0v) is 12.3. The maximum Gasteiger partial charge on any atom is 0.220 e. The average Bonchev–Trinajstić information content (AvgIpc) is 2.35. The van der Waals surface area contributed by atoms with E-state index in [9.17, 15) is 4.79 Å². The number of nitrogens with two attached hydrogens (primary N) is 1. The van der Waals surface area contributed by atoms with E-state index in [1.165, 1.54) is 32.1 Å². The summed E-state index contributed by atoms with van der Waals surface area (Å²) in [6.45, 7) is 7.32. The second kappa shape index (κ2) is 7.13. The molecule has 0 radical (unpaired) electrons. The first-order chi connectivity index (χ1) is 8.42. The van der Waals surface area contributed by atoms with Crippen molar-refractivity contribution in [3.05, 3.63) is 0 Å². The number of nitrogens with one attached hydrogen (secondary N) is 1. The van der Waals surface area contributed by atoms with Gasteiger partial charge >= 0.3 is 0 Å². The van der Waals surface area contributed by atoms with Crippen molar-refractivity contribution in [3.8, 4) is 0 Å². The molecule has 106 valence electrons. The highest BCUT2D eigenvalue weighted by Gasteiger charge is 2.30. The molecule has 3 N–H and O–H groups in total. The van der Waals surface area contributed by atoms with E-state index in [0.29, 0.717) is 6.42 Å². The lowest BCUT2D eigenvalue weighted by Crippen LogP contribution is -2.39. The molecule has 0 aromatic rings. The summed E-state index contributed by atoms with van der Waals surface area (Å²) in [5, 5.41) is 3.08. The van der Waals surface area contributed by atoms with Crippen molar-refractivity contribution in [2.45, 2.75) is 71.8 Å². The molecule has 3 heteroatoms. The molecule has 18 heavy (non-hydrogen) atoms. The predicted molar refractivity (Wildman–Crippen MR) is 76.2 cm³/mol. The molecule has 3 nitrogen and oxygen atoms in total. The van der Waals surface area contributed by atoms with Gasteiger partial charge in [0, 0.05) is 19.0 Å². The molecule has 1 fully saturated rings. The standard InChI is InChI=1S/C15H30N2O/c1-12(16)9-10-14(18)17-11-15(2,3)13-7-5-4-6-8-13/h12-13H,4-11,16H2,1-3H3,(H,17,18). The Kier molecular flexibility index (Phi) is 6.13. The van der Waals surface area contributed by atoms with E-state index in [-0.39, 0.29) is 17.4 Å². The molecule has 1 aliphatic rings. The van der Waals surface area contributed by atoms with Crippen LogP contribution in [0, 0.1) is 11.3 Å². The normalized spacial score (nSPS) is 19.6. The highest BCUT2D eigenvalue weighted by atomic mass is 16.1. The van der Waals surface area contributed by atoms with Crippen LogP contribution in [0.4, 0.5) is 0 Å². The van der Waals surface area contributed by atoms with Gasteiger partial charge in [0.05, 0.1) is 0 Å². The first kappa shape index (κ1) is 15.5. The molecule has 0 aromatic carbocycles. The van der Waals surface area contributed by atoms with E-state index in [1.807, 2.05) is 6.92 Å². The Morgan fingerprint density at radius 2 is 1.94 bits per heavy atom. The second-order valence-electron chi connectivity index (χ2n) is 6.62. The third-order valence-electron chi connectivity index (χ3n) is 4.28. The third kappa shape index (κ3) is 5.38. The molecule has 1 atom stereocenters. The summed E-state index contributed by atoms with van der Waals surface area (Å²) in [4.78, 5) is 11.7.